The molecule has 0 spiro atoms. The Hall–Kier alpha value is -1.86. The van der Waals surface area contributed by atoms with E-state index in [-0.39, 0.29) is 12.3 Å². The Labute approximate surface area is 94.7 Å². The largest absolute Gasteiger partial charge is 0.387 e. The topological polar surface area (TPSA) is 64.3 Å². The molecule has 0 aliphatic heterocycles. The van der Waals surface area contributed by atoms with Crippen LogP contribution in [0.3, 0.4) is 0 Å². The first kappa shape index (κ1) is 12.2. The molecule has 1 unspecified atom stereocenters. The molecule has 0 radical (unpaired) electrons. The van der Waals surface area contributed by atoms with Crippen molar-refractivity contribution < 1.29 is 9.90 Å². The van der Waals surface area contributed by atoms with Gasteiger partial charge in [0.15, 0.2) is 0 Å². The Balaban J connectivity index is 2.84. The monoisotopic (exact) mass is 218 g/mol. The van der Waals surface area contributed by atoms with E-state index < -0.39 is 6.10 Å². The third kappa shape index (κ3) is 2.81. The first-order valence-electron chi connectivity index (χ1n) is 4.93. The summed E-state index contributed by atoms with van der Waals surface area (Å²) in [4.78, 5) is 13.0. The molecule has 4 heteroatoms. The minimum absolute atomic E-state index is 0.0565. The van der Waals surface area contributed by atoms with Crippen LogP contribution in [0.1, 0.15) is 28.4 Å². The molecule has 1 aromatic rings. The lowest BCUT2D eigenvalue weighted by Crippen LogP contribution is -2.21. The van der Waals surface area contributed by atoms with Gasteiger partial charge in [-0.25, -0.2) is 0 Å². The number of amides is 1. The average molecular weight is 218 g/mol. The quantitative estimate of drug-likeness (QED) is 0.832. The van der Waals surface area contributed by atoms with E-state index >= 15 is 0 Å². The SMILES string of the molecule is CN(C)C(=O)c1ccc(C(O)CC#N)cc1. The molecule has 0 saturated carbocycles. The Bertz CT molecular complexity index is 404. The Morgan fingerprint density at radius 2 is 2.00 bits per heavy atom. The normalized spacial score (nSPS) is 11.6. The minimum Gasteiger partial charge on any atom is -0.387 e. The predicted octanol–water partition coefficient (Wildman–Crippen LogP) is 1.34. The van der Waals surface area contributed by atoms with Gasteiger partial charge in [-0.05, 0) is 17.7 Å². The highest BCUT2D eigenvalue weighted by molar-refractivity contribution is 5.93. The van der Waals surface area contributed by atoms with Crippen LogP contribution in [0.25, 0.3) is 0 Å². The summed E-state index contributed by atoms with van der Waals surface area (Å²) in [5.41, 5.74) is 1.22. The number of aliphatic hydroxyl groups is 1. The van der Waals surface area contributed by atoms with E-state index in [0.29, 0.717) is 11.1 Å². The molecule has 0 fully saturated rings. The lowest BCUT2D eigenvalue weighted by atomic mass is 10.0. The number of nitrogens with zero attached hydrogens (tertiary/aromatic N) is 2. The van der Waals surface area contributed by atoms with Crippen LogP contribution in [0.4, 0.5) is 0 Å². The van der Waals surface area contributed by atoms with Gasteiger partial charge in [-0.2, -0.15) is 5.26 Å². The van der Waals surface area contributed by atoms with Crippen molar-refractivity contribution >= 4 is 5.91 Å². The van der Waals surface area contributed by atoms with E-state index in [1.165, 1.54) is 4.90 Å². The molecule has 1 amide bonds. The first-order valence-corrected chi connectivity index (χ1v) is 4.93. The molecule has 1 aromatic carbocycles. The first-order chi connectivity index (χ1) is 7.56. The van der Waals surface area contributed by atoms with Crippen molar-refractivity contribution in [2.75, 3.05) is 14.1 Å². The average Bonchev–Trinajstić information content (AvgIpc) is 2.28. The van der Waals surface area contributed by atoms with Gasteiger partial charge in [-0.3, -0.25) is 4.79 Å². The minimum atomic E-state index is -0.784. The van der Waals surface area contributed by atoms with Crippen LogP contribution in [0.15, 0.2) is 24.3 Å². The molecular weight excluding hydrogens is 204 g/mol. The molecule has 1 rings (SSSR count). The van der Waals surface area contributed by atoms with Crippen LogP contribution in [-0.4, -0.2) is 30.0 Å². The third-order valence-electron chi connectivity index (χ3n) is 2.23. The highest BCUT2D eigenvalue weighted by Gasteiger charge is 2.10. The van der Waals surface area contributed by atoms with Crippen molar-refractivity contribution in [2.24, 2.45) is 0 Å². The maximum atomic E-state index is 11.6. The highest BCUT2D eigenvalue weighted by Crippen LogP contribution is 2.16. The zero-order valence-corrected chi connectivity index (χ0v) is 9.34. The van der Waals surface area contributed by atoms with Crippen molar-refractivity contribution in [3.63, 3.8) is 0 Å². The Kier molecular flexibility index (Phi) is 4.03. The molecule has 0 aromatic heterocycles. The van der Waals surface area contributed by atoms with Crippen molar-refractivity contribution in [1.82, 2.24) is 4.90 Å². The van der Waals surface area contributed by atoms with Gasteiger partial charge in [-0.15, -0.1) is 0 Å². The molecule has 0 bridgehead atoms. The van der Waals surface area contributed by atoms with Gasteiger partial charge in [0.05, 0.1) is 18.6 Å². The van der Waals surface area contributed by atoms with Gasteiger partial charge in [-0.1, -0.05) is 12.1 Å². The van der Waals surface area contributed by atoms with Crippen LogP contribution in [0, 0.1) is 11.3 Å². The number of benzene rings is 1. The summed E-state index contributed by atoms with van der Waals surface area (Å²) in [5, 5.41) is 18.0. The van der Waals surface area contributed by atoms with E-state index in [2.05, 4.69) is 0 Å². The fourth-order valence-corrected chi connectivity index (χ4v) is 1.31. The number of aliphatic hydroxyl groups excluding tert-OH is 1. The van der Waals surface area contributed by atoms with E-state index in [4.69, 9.17) is 5.26 Å². The standard InChI is InChI=1S/C12H14N2O2/c1-14(2)12(16)10-5-3-9(4-6-10)11(15)7-8-13/h3-6,11,15H,7H2,1-2H3. The molecule has 4 nitrogen and oxygen atoms in total. The Morgan fingerprint density at radius 1 is 1.44 bits per heavy atom. The van der Waals surface area contributed by atoms with Gasteiger partial charge >= 0.3 is 0 Å². The number of nitriles is 1. The lowest BCUT2D eigenvalue weighted by Gasteiger charge is -2.11. The van der Waals surface area contributed by atoms with E-state index in [1.807, 2.05) is 6.07 Å². The number of rotatable bonds is 3. The molecule has 84 valence electrons. The summed E-state index contributed by atoms with van der Waals surface area (Å²) in [6.07, 6.45) is -0.727. The second-order valence-electron chi connectivity index (χ2n) is 3.70. The predicted molar refractivity (Wildman–Crippen MR) is 59.6 cm³/mol. The van der Waals surface area contributed by atoms with Gasteiger partial charge < -0.3 is 10.0 Å². The summed E-state index contributed by atoms with van der Waals surface area (Å²) in [6, 6.07) is 8.53. The number of hydrogen-bond acceptors (Lipinski definition) is 3. The smallest absolute Gasteiger partial charge is 0.253 e. The summed E-state index contributed by atoms with van der Waals surface area (Å²) >= 11 is 0. The molecule has 0 aliphatic carbocycles. The van der Waals surface area contributed by atoms with Gasteiger partial charge in [0.2, 0.25) is 0 Å². The summed E-state index contributed by atoms with van der Waals surface area (Å²) in [7, 11) is 3.36. The number of hydrogen-bond donors (Lipinski definition) is 1. The zero-order valence-electron chi connectivity index (χ0n) is 9.34. The number of carbonyl (C=O) groups excluding carboxylic acids is 1. The molecule has 0 saturated heterocycles. The van der Waals surface area contributed by atoms with Gasteiger partial charge in [0.1, 0.15) is 0 Å². The second kappa shape index (κ2) is 5.29. The van der Waals surface area contributed by atoms with Gasteiger partial charge in [0.25, 0.3) is 5.91 Å². The maximum absolute atomic E-state index is 11.6. The molecule has 1 N–H and O–H groups in total. The number of carbonyl (C=O) groups is 1. The van der Waals surface area contributed by atoms with Crippen LogP contribution in [0.2, 0.25) is 0 Å². The summed E-state index contributed by atoms with van der Waals surface area (Å²) < 4.78 is 0. The lowest BCUT2D eigenvalue weighted by molar-refractivity contribution is 0.0827. The van der Waals surface area contributed by atoms with Crippen LogP contribution >= 0.6 is 0 Å². The second-order valence-corrected chi connectivity index (χ2v) is 3.70. The van der Waals surface area contributed by atoms with Gasteiger partial charge in [0, 0.05) is 19.7 Å². The molecule has 0 heterocycles. The molecule has 1 atom stereocenters. The van der Waals surface area contributed by atoms with Crippen LogP contribution in [0.5, 0.6) is 0 Å². The zero-order chi connectivity index (χ0) is 12.1. The molecule has 16 heavy (non-hydrogen) atoms. The maximum Gasteiger partial charge on any atom is 0.253 e. The summed E-state index contributed by atoms with van der Waals surface area (Å²) in [5.74, 6) is -0.0821. The van der Waals surface area contributed by atoms with Crippen molar-refractivity contribution in [2.45, 2.75) is 12.5 Å². The van der Waals surface area contributed by atoms with Crippen molar-refractivity contribution in [3.05, 3.63) is 35.4 Å². The highest BCUT2D eigenvalue weighted by atomic mass is 16.3. The van der Waals surface area contributed by atoms with E-state index in [1.54, 1.807) is 38.4 Å². The Morgan fingerprint density at radius 3 is 2.44 bits per heavy atom. The van der Waals surface area contributed by atoms with Crippen molar-refractivity contribution in [1.29, 1.82) is 5.26 Å². The van der Waals surface area contributed by atoms with Crippen LogP contribution in [-0.2, 0) is 0 Å². The fourth-order valence-electron chi connectivity index (χ4n) is 1.31. The molecular formula is C12H14N2O2. The summed E-state index contributed by atoms with van der Waals surface area (Å²) in [6.45, 7) is 0. The van der Waals surface area contributed by atoms with E-state index in [9.17, 15) is 9.90 Å². The molecule has 0 aliphatic rings. The fraction of sp³-hybridized carbons (Fsp3) is 0.333. The van der Waals surface area contributed by atoms with Crippen LogP contribution < -0.4 is 0 Å². The van der Waals surface area contributed by atoms with E-state index in [0.717, 1.165) is 0 Å². The van der Waals surface area contributed by atoms with Crippen molar-refractivity contribution in [3.8, 4) is 6.07 Å². The third-order valence-corrected chi connectivity index (χ3v) is 2.23.